The predicted octanol–water partition coefficient (Wildman–Crippen LogP) is 4.91. The number of carbonyl (C=O) groups is 1. The van der Waals surface area contributed by atoms with Gasteiger partial charge in [-0.15, -0.1) is 0 Å². The molecule has 2 aromatic heterocycles. The monoisotopic (exact) mass is 334 g/mol. The van der Waals surface area contributed by atoms with E-state index in [2.05, 4.69) is 22.4 Å². The summed E-state index contributed by atoms with van der Waals surface area (Å²) >= 11 is 0. The van der Waals surface area contributed by atoms with Gasteiger partial charge in [-0.25, -0.2) is 4.98 Å². The van der Waals surface area contributed by atoms with E-state index in [1.807, 2.05) is 25.1 Å². The van der Waals surface area contributed by atoms with Gasteiger partial charge in [-0.3, -0.25) is 4.79 Å². The molecule has 0 bridgehead atoms. The van der Waals surface area contributed by atoms with Gasteiger partial charge in [0, 0.05) is 17.3 Å². The summed E-state index contributed by atoms with van der Waals surface area (Å²) in [5.41, 5.74) is 4.01. The Labute approximate surface area is 146 Å². The van der Waals surface area contributed by atoms with Gasteiger partial charge in [-0.1, -0.05) is 23.8 Å². The fourth-order valence-electron chi connectivity index (χ4n) is 3.40. The zero-order valence-electron chi connectivity index (χ0n) is 14.5. The number of rotatable bonds is 4. The zero-order valence-corrected chi connectivity index (χ0v) is 14.5. The Morgan fingerprint density at radius 1 is 1.20 bits per heavy atom. The van der Waals surface area contributed by atoms with Crippen LogP contribution in [0.4, 0.5) is 0 Å². The minimum absolute atomic E-state index is 0.172. The number of hydrogen-bond donors (Lipinski definition) is 1. The Balaban J connectivity index is 1.49. The number of hydrogen-bond acceptors (Lipinski definition) is 3. The van der Waals surface area contributed by atoms with E-state index in [1.54, 1.807) is 6.07 Å². The van der Waals surface area contributed by atoms with Crippen molar-refractivity contribution >= 4 is 27.9 Å². The molecule has 4 nitrogen and oxygen atoms in total. The van der Waals surface area contributed by atoms with Gasteiger partial charge in [-0.05, 0) is 62.8 Å². The number of nitrogens with zero attached hydrogens (tertiary/aromatic N) is 1. The number of carbonyl (C=O) groups excluding carboxylic acids is 1. The van der Waals surface area contributed by atoms with E-state index in [9.17, 15) is 4.79 Å². The number of amides is 1. The van der Waals surface area contributed by atoms with Crippen molar-refractivity contribution in [3.8, 4) is 0 Å². The standard InChI is InChI=1S/C21H22N2O2/c1-14-7-8-16-12-17-13-19(25-21(17)23-18(16)11-14)20(24)22-10-9-15-5-3-2-4-6-15/h5,7-8,11-13H,2-4,6,9-10H2,1H3,(H,22,24). The number of benzene rings is 1. The summed E-state index contributed by atoms with van der Waals surface area (Å²) in [7, 11) is 0. The summed E-state index contributed by atoms with van der Waals surface area (Å²) < 4.78 is 5.68. The van der Waals surface area contributed by atoms with Crippen LogP contribution in [0, 0.1) is 6.92 Å². The Bertz CT molecular complexity index is 969. The van der Waals surface area contributed by atoms with Crippen molar-refractivity contribution in [2.45, 2.75) is 39.0 Å². The molecule has 25 heavy (non-hydrogen) atoms. The third-order valence-corrected chi connectivity index (χ3v) is 4.80. The zero-order chi connectivity index (χ0) is 17.2. The van der Waals surface area contributed by atoms with Crippen LogP contribution in [0.25, 0.3) is 22.0 Å². The van der Waals surface area contributed by atoms with Gasteiger partial charge in [0.05, 0.1) is 5.52 Å². The SMILES string of the molecule is Cc1ccc2cc3cc(C(=O)NCCC4=CCCCC4)oc3nc2c1. The molecule has 1 aliphatic carbocycles. The molecule has 0 unspecified atom stereocenters. The fourth-order valence-corrected chi connectivity index (χ4v) is 3.40. The summed E-state index contributed by atoms with van der Waals surface area (Å²) in [4.78, 5) is 16.9. The van der Waals surface area contributed by atoms with E-state index >= 15 is 0 Å². The number of nitrogens with one attached hydrogen (secondary N) is 1. The van der Waals surface area contributed by atoms with Crippen LogP contribution in [0.2, 0.25) is 0 Å². The Hall–Kier alpha value is -2.62. The molecule has 1 N–H and O–H groups in total. The maximum Gasteiger partial charge on any atom is 0.287 e. The van der Waals surface area contributed by atoms with Crippen molar-refractivity contribution in [1.82, 2.24) is 10.3 Å². The summed E-state index contributed by atoms with van der Waals surface area (Å²) in [6.45, 7) is 2.68. The topological polar surface area (TPSA) is 55.1 Å². The van der Waals surface area contributed by atoms with Crippen LogP contribution in [0.15, 0.2) is 46.4 Å². The lowest BCUT2D eigenvalue weighted by Crippen LogP contribution is -2.24. The van der Waals surface area contributed by atoms with Crippen LogP contribution >= 0.6 is 0 Å². The smallest absolute Gasteiger partial charge is 0.287 e. The van der Waals surface area contributed by atoms with Crippen LogP contribution in [0.5, 0.6) is 0 Å². The molecule has 1 aliphatic rings. The van der Waals surface area contributed by atoms with E-state index in [0.717, 1.165) is 34.7 Å². The minimum Gasteiger partial charge on any atom is -0.433 e. The van der Waals surface area contributed by atoms with Gasteiger partial charge in [0.1, 0.15) is 0 Å². The van der Waals surface area contributed by atoms with Crippen LogP contribution < -0.4 is 5.32 Å². The molecule has 0 aliphatic heterocycles. The number of allylic oxidation sites excluding steroid dienone is 1. The highest BCUT2D eigenvalue weighted by Crippen LogP contribution is 2.24. The van der Waals surface area contributed by atoms with Crippen LogP contribution in [-0.4, -0.2) is 17.4 Å². The number of furan rings is 1. The first kappa shape index (κ1) is 15.9. The second kappa shape index (κ2) is 6.71. The van der Waals surface area contributed by atoms with Gasteiger partial charge in [0.15, 0.2) is 5.76 Å². The summed E-state index contributed by atoms with van der Waals surface area (Å²) in [6.07, 6.45) is 8.13. The minimum atomic E-state index is -0.172. The van der Waals surface area contributed by atoms with Crippen molar-refractivity contribution in [2.24, 2.45) is 0 Å². The largest absolute Gasteiger partial charge is 0.433 e. The van der Waals surface area contributed by atoms with Crippen molar-refractivity contribution in [2.75, 3.05) is 6.54 Å². The van der Waals surface area contributed by atoms with Gasteiger partial charge < -0.3 is 9.73 Å². The third-order valence-electron chi connectivity index (χ3n) is 4.80. The molecule has 3 aromatic rings. The molecule has 1 amide bonds. The van der Waals surface area contributed by atoms with Crippen LogP contribution in [-0.2, 0) is 0 Å². The molecule has 128 valence electrons. The molecule has 0 spiro atoms. The van der Waals surface area contributed by atoms with E-state index in [0.29, 0.717) is 18.0 Å². The maximum atomic E-state index is 12.4. The fraction of sp³-hybridized carbons (Fsp3) is 0.333. The molecular weight excluding hydrogens is 312 g/mol. The Morgan fingerprint density at radius 3 is 2.96 bits per heavy atom. The molecule has 0 saturated carbocycles. The predicted molar refractivity (Wildman–Crippen MR) is 99.8 cm³/mol. The molecule has 4 heteroatoms. The number of pyridine rings is 1. The lowest BCUT2D eigenvalue weighted by atomic mass is 9.97. The van der Waals surface area contributed by atoms with E-state index in [4.69, 9.17) is 4.42 Å². The molecule has 4 rings (SSSR count). The normalized spacial score (nSPS) is 14.7. The van der Waals surface area contributed by atoms with Gasteiger partial charge >= 0.3 is 0 Å². The van der Waals surface area contributed by atoms with Crippen molar-refractivity contribution in [3.05, 3.63) is 53.3 Å². The van der Waals surface area contributed by atoms with Crippen molar-refractivity contribution < 1.29 is 9.21 Å². The van der Waals surface area contributed by atoms with E-state index in [1.165, 1.54) is 24.8 Å². The molecule has 0 fully saturated rings. The average molecular weight is 334 g/mol. The summed E-state index contributed by atoms with van der Waals surface area (Å²) in [5.74, 6) is 0.154. The summed E-state index contributed by atoms with van der Waals surface area (Å²) in [6, 6.07) is 9.92. The van der Waals surface area contributed by atoms with Gasteiger partial charge in [-0.2, -0.15) is 0 Å². The molecule has 0 saturated heterocycles. The van der Waals surface area contributed by atoms with E-state index in [-0.39, 0.29) is 5.91 Å². The number of fused-ring (bicyclic) bond motifs is 2. The molecular formula is C21H22N2O2. The van der Waals surface area contributed by atoms with Gasteiger partial charge in [0.2, 0.25) is 5.71 Å². The number of aryl methyl sites for hydroxylation is 1. The first-order valence-corrected chi connectivity index (χ1v) is 8.96. The third kappa shape index (κ3) is 3.43. The highest BCUT2D eigenvalue weighted by molar-refractivity contribution is 5.98. The highest BCUT2D eigenvalue weighted by atomic mass is 16.4. The molecule has 0 atom stereocenters. The van der Waals surface area contributed by atoms with Crippen LogP contribution in [0.3, 0.4) is 0 Å². The van der Waals surface area contributed by atoms with Gasteiger partial charge in [0.25, 0.3) is 5.91 Å². The Morgan fingerprint density at radius 2 is 2.12 bits per heavy atom. The van der Waals surface area contributed by atoms with Crippen LogP contribution in [0.1, 0.15) is 48.2 Å². The van der Waals surface area contributed by atoms with Crippen molar-refractivity contribution in [1.29, 1.82) is 0 Å². The lowest BCUT2D eigenvalue weighted by Gasteiger charge is -2.12. The molecule has 2 heterocycles. The van der Waals surface area contributed by atoms with Crippen molar-refractivity contribution in [3.63, 3.8) is 0 Å². The lowest BCUT2D eigenvalue weighted by molar-refractivity contribution is 0.0928. The number of aromatic nitrogens is 1. The quantitative estimate of drug-likeness (QED) is 0.690. The van der Waals surface area contributed by atoms with E-state index < -0.39 is 0 Å². The molecule has 0 radical (unpaired) electrons. The second-order valence-corrected chi connectivity index (χ2v) is 6.80. The maximum absolute atomic E-state index is 12.4. The summed E-state index contributed by atoms with van der Waals surface area (Å²) in [5, 5.41) is 4.87. The Kier molecular flexibility index (Phi) is 4.26. The second-order valence-electron chi connectivity index (χ2n) is 6.80. The first-order valence-electron chi connectivity index (χ1n) is 8.96. The first-order chi connectivity index (χ1) is 12.2. The highest BCUT2D eigenvalue weighted by Gasteiger charge is 2.14. The molecule has 1 aromatic carbocycles. The average Bonchev–Trinajstić information content (AvgIpc) is 3.03.